The second-order valence-electron chi connectivity index (χ2n) is 14.7. The van der Waals surface area contributed by atoms with Crippen molar-refractivity contribution in [1.82, 2.24) is 30.6 Å². The molecular formula is C40H78N8O8P2. The van der Waals surface area contributed by atoms with Crippen LogP contribution in [0.3, 0.4) is 0 Å². The smallest absolute Gasteiger partial charge is 0.259 e. The maximum absolute atomic E-state index is 11.9. The zero-order valence-corrected chi connectivity index (χ0v) is 39.5. The number of carbonyl (C=O) groups excluding carboxylic acids is 4. The van der Waals surface area contributed by atoms with Gasteiger partial charge in [-0.25, -0.2) is 22.5 Å². The predicted octanol–water partition coefficient (Wildman–Crippen LogP) is 6.97. The van der Waals surface area contributed by atoms with Gasteiger partial charge in [0.05, 0.1) is 0 Å². The van der Waals surface area contributed by atoms with Gasteiger partial charge in [-0.1, -0.05) is 27.7 Å². The van der Waals surface area contributed by atoms with E-state index in [4.69, 9.17) is 31.2 Å². The Kier molecular flexibility index (Phi) is 36.1. The second-order valence-corrected chi connectivity index (χ2v) is 17.5. The molecule has 0 bridgehead atoms. The molecule has 2 atom stereocenters. The number of nitrogens with zero attached hydrogens (tertiary/aromatic N) is 4. The summed E-state index contributed by atoms with van der Waals surface area (Å²) < 4.78 is 28.7. The van der Waals surface area contributed by atoms with Crippen LogP contribution in [0, 0.1) is 13.1 Å². The molecule has 0 aromatic heterocycles. The summed E-state index contributed by atoms with van der Waals surface area (Å²) in [5.74, 6) is -0.153. The van der Waals surface area contributed by atoms with E-state index in [1.807, 2.05) is 27.7 Å². The summed E-state index contributed by atoms with van der Waals surface area (Å²) in [6.45, 7) is 40.5. The Morgan fingerprint density at radius 1 is 0.500 bits per heavy atom. The molecule has 0 aromatic rings. The Hall–Kier alpha value is -2.52. The number of carbonyl (C=O) groups is 4. The molecule has 0 aliphatic rings. The van der Waals surface area contributed by atoms with Gasteiger partial charge in [-0.2, -0.15) is 0 Å². The predicted molar refractivity (Wildman–Crippen MR) is 234 cm³/mol. The molecule has 336 valence electrons. The monoisotopic (exact) mass is 861 g/mol. The van der Waals surface area contributed by atoms with Gasteiger partial charge in [-0.05, 0) is 81.1 Å². The van der Waals surface area contributed by atoms with Crippen LogP contribution in [0.5, 0.6) is 0 Å². The van der Waals surface area contributed by atoms with Crippen LogP contribution in [0.1, 0.15) is 134 Å². The fourth-order valence-electron chi connectivity index (χ4n) is 5.30. The maximum Gasteiger partial charge on any atom is 0.259 e. The molecule has 0 saturated carbocycles. The highest BCUT2D eigenvalue weighted by atomic mass is 31.2. The Morgan fingerprint density at radius 2 is 0.741 bits per heavy atom. The zero-order chi connectivity index (χ0) is 44.5. The van der Waals surface area contributed by atoms with Crippen molar-refractivity contribution in [2.75, 3.05) is 52.5 Å². The van der Waals surface area contributed by atoms with E-state index >= 15 is 0 Å². The molecule has 0 saturated heterocycles. The Labute approximate surface area is 353 Å². The normalized spacial score (nSPS) is 12.4. The van der Waals surface area contributed by atoms with Gasteiger partial charge >= 0.3 is 0 Å². The van der Waals surface area contributed by atoms with E-state index in [-0.39, 0.29) is 74.1 Å². The van der Waals surface area contributed by atoms with E-state index in [0.717, 1.165) is 25.7 Å². The minimum atomic E-state index is -1.44. The van der Waals surface area contributed by atoms with Crippen molar-refractivity contribution >= 4 is 40.7 Å². The largest absolute Gasteiger partial charge is 0.353 e. The molecule has 4 N–H and O–H groups in total. The number of hydrogen-bond acceptors (Lipinski definition) is 10. The van der Waals surface area contributed by atoms with Crippen LogP contribution in [0.2, 0.25) is 0 Å². The van der Waals surface area contributed by atoms with Crippen molar-refractivity contribution < 1.29 is 37.3 Å². The van der Waals surface area contributed by atoms with Crippen molar-refractivity contribution in [3.8, 4) is 0 Å². The maximum atomic E-state index is 11.9. The van der Waals surface area contributed by atoms with Crippen molar-refractivity contribution in [3.63, 3.8) is 0 Å². The second kappa shape index (κ2) is 36.3. The molecule has 0 rings (SSSR count). The third-order valence-electron chi connectivity index (χ3n) is 7.80. The summed E-state index contributed by atoms with van der Waals surface area (Å²) in [7, 11) is -2.89. The highest BCUT2D eigenvalue weighted by molar-refractivity contribution is 7.44. The molecule has 0 heterocycles. The number of amides is 4. The van der Waals surface area contributed by atoms with E-state index in [0.29, 0.717) is 51.9 Å². The Balaban J connectivity index is 0. The van der Waals surface area contributed by atoms with Crippen LogP contribution in [0.15, 0.2) is 0 Å². The number of hydrogen-bond donors (Lipinski definition) is 4. The lowest BCUT2D eigenvalue weighted by Gasteiger charge is -2.37. The van der Waals surface area contributed by atoms with E-state index in [9.17, 15) is 19.2 Å². The molecule has 0 aliphatic carbocycles. The topological polar surface area (TPSA) is 169 Å². The fourth-order valence-corrected chi connectivity index (χ4v) is 8.70. The molecule has 58 heavy (non-hydrogen) atoms. The number of nitrogens with one attached hydrogen (secondary N) is 4. The lowest BCUT2D eigenvalue weighted by atomic mass is 10.3. The van der Waals surface area contributed by atoms with Gasteiger partial charge in [0.1, 0.15) is 25.4 Å². The minimum Gasteiger partial charge on any atom is -0.353 e. The van der Waals surface area contributed by atoms with Crippen LogP contribution in [-0.4, -0.2) is 122 Å². The molecule has 0 aliphatic heterocycles. The number of rotatable bonds is 32. The average molecular weight is 861 g/mol. The van der Waals surface area contributed by atoms with Crippen molar-refractivity contribution in [1.29, 1.82) is 0 Å². The molecule has 0 fully saturated rings. The summed E-state index contributed by atoms with van der Waals surface area (Å²) in [5, 5.41) is 11.5. The first-order valence-electron chi connectivity index (χ1n) is 21.0. The molecule has 16 nitrogen and oxygen atoms in total. The zero-order valence-electron chi connectivity index (χ0n) is 37.7. The van der Waals surface area contributed by atoms with Gasteiger partial charge in [0.25, 0.3) is 17.1 Å². The van der Waals surface area contributed by atoms with Crippen LogP contribution in [0.4, 0.5) is 0 Å². The Bertz CT molecular complexity index is 1050. The van der Waals surface area contributed by atoms with E-state index in [1.54, 1.807) is 0 Å². The summed E-state index contributed by atoms with van der Waals surface area (Å²) in [4.78, 5) is 54.3. The standard InChI is InChI=1S/2C20H39N4O4P/c2*1-8-10-19(25)22-14-18(15-23-20(26)11-9-2)28-29(27-13-12-21-7)24(16(3)4)17(5)6/h2*16-18H,8-15H2,1-6H3,(H,22,25)(H,23,26). The minimum absolute atomic E-state index is 0.0381. The van der Waals surface area contributed by atoms with Gasteiger partial charge < -0.3 is 49.1 Å². The SMILES string of the molecule is [C-]#[N+]CCOP(OC(CNC(=O)CCC)CNC(=O)CCC)N(C(C)C)C(C)C.[C-]#[N+]CCOP(OC(CNC(=O)CCC)CNC(=O)CCC)N(C(C)C)C(C)C. The quantitative estimate of drug-likeness (QED) is 0.0315. The van der Waals surface area contributed by atoms with E-state index in [1.165, 1.54) is 0 Å². The van der Waals surface area contributed by atoms with E-state index in [2.05, 4.69) is 95.7 Å². The third kappa shape index (κ3) is 28.8. The molecule has 18 heteroatoms. The Morgan fingerprint density at radius 3 is 0.931 bits per heavy atom. The third-order valence-corrected chi connectivity index (χ3v) is 12.2. The highest BCUT2D eigenvalue weighted by Gasteiger charge is 2.32. The molecule has 0 spiro atoms. The summed E-state index contributed by atoms with van der Waals surface area (Å²) in [5.41, 5.74) is 0. The highest BCUT2D eigenvalue weighted by Crippen LogP contribution is 2.47. The van der Waals surface area contributed by atoms with Crippen LogP contribution in [-0.2, 0) is 37.3 Å². The van der Waals surface area contributed by atoms with E-state index < -0.39 is 29.3 Å². The molecule has 0 radical (unpaired) electrons. The first kappa shape index (κ1) is 57.6. The van der Waals surface area contributed by atoms with Gasteiger partial charge in [-0.15, -0.1) is 0 Å². The van der Waals surface area contributed by atoms with Gasteiger partial charge in [-0.3, -0.25) is 19.2 Å². The summed E-state index contributed by atoms with van der Waals surface area (Å²) in [6, 6.07) is 0.719. The van der Waals surface area contributed by atoms with Gasteiger partial charge in [0.15, 0.2) is 0 Å². The van der Waals surface area contributed by atoms with Crippen molar-refractivity contribution in [2.45, 2.75) is 171 Å². The lowest BCUT2D eigenvalue weighted by molar-refractivity contribution is -0.123. The molecule has 0 aromatic carbocycles. The van der Waals surface area contributed by atoms with Gasteiger partial charge in [0.2, 0.25) is 36.7 Å². The average Bonchev–Trinajstić information content (AvgIpc) is 3.14. The fraction of sp³-hybridized carbons (Fsp3) is 0.850. The van der Waals surface area contributed by atoms with Gasteiger partial charge in [0, 0.05) is 76.0 Å². The molecule has 2 unspecified atom stereocenters. The van der Waals surface area contributed by atoms with Crippen molar-refractivity contribution in [3.05, 3.63) is 22.8 Å². The first-order chi connectivity index (χ1) is 27.5. The van der Waals surface area contributed by atoms with Crippen LogP contribution in [0.25, 0.3) is 9.69 Å². The molecular weight excluding hydrogens is 782 g/mol. The molecule has 4 amide bonds. The van der Waals surface area contributed by atoms with Crippen LogP contribution >= 0.6 is 17.1 Å². The first-order valence-corrected chi connectivity index (χ1v) is 23.3. The van der Waals surface area contributed by atoms with Crippen molar-refractivity contribution in [2.24, 2.45) is 0 Å². The lowest BCUT2D eigenvalue weighted by Crippen LogP contribution is -2.42. The van der Waals surface area contributed by atoms with Crippen LogP contribution < -0.4 is 21.3 Å². The summed E-state index contributed by atoms with van der Waals surface area (Å²) >= 11 is 0. The summed E-state index contributed by atoms with van der Waals surface area (Å²) in [6.07, 6.45) is 4.05.